The molecule has 0 amide bonds. The van der Waals surface area contributed by atoms with Crippen LogP contribution in [0.4, 0.5) is 0 Å². The highest BCUT2D eigenvalue weighted by atomic mass is 16.5. The first kappa shape index (κ1) is 16.3. The summed E-state index contributed by atoms with van der Waals surface area (Å²) in [7, 11) is 0. The van der Waals surface area contributed by atoms with Gasteiger partial charge in [-0.05, 0) is 32.1 Å². The Hall–Kier alpha value is -2.21. The van der Waals surface area contributed by atoms with Gasteiger partial charge in [0.1, 0.15) is 6.04 Å². The summed E-state index contributed by atoms with van der Waals surface area (Å²) in [6.45, 7) is 2.45. The minimum Gasteiger partial charge on any atom is -0.480 e. The molecule has 2 heterocycles. The predicted molar refractivity (Wildman–Crippen MR) is 91.8 cm³/mol. The van der Waals surface area contributed by atoms with Gasteiger partial charge in [-0.15, -0.1) is 0 Å². The molecule has 6 nitrogen and oxygen atoms in total. The molecular formula is C19H23N3O3. The summed E-state index contributed by atoms with van der Waals surface area (Å²) in [6, 6.07) is 7.85. The van der Waals surface area contributed by atoms with Crippen LogP contribution in [-0.4, -0.2) is 38.2 Å². The second kappa shape index (κ2) is 6.59. The summed E-state index contributed by atoms with van der Waals surface area (Å²) in [5, 5.41) is 13.7. The molecule has 1 saturated carbocycles. The number of likely N-dealkylation sites (tertiary alicyclic amines) is 1. The van der Waals surface area contributed by atoms with Gasteiger partial charge >= 0.3 is 5.97 Å². The van der Waals surface area contributed by atoms with Gasteiger partial charge in [-0.1, -0.05) is 47.8 Å². The maximum Gasteiger partial charge on any atom is 0.320 e. The van der Waals surface area contributed by atoms with Crippen LogP contribution in [-0.2, 0) is 11.3 Å². The van der Waals surface area contributed by atoms with E-state index < -0.39 is 12.0 Å². The van der Waals surface area contributed by atoms with Gasteiger partial charge in [0.15, 0.2) is 0 Å². The molecule has 0 radical (unpaired) electrons. The zero-order valence-corrected chi connectivity index (χ0v) is 14.4. The van der Waals surface area contributed by atoms with Crippen molar-refractivity contribution in [1.29, 1.82) is 0 Å². The zero-order chi connectivity index (χ0) is 17.4. The van der Waals surface area contributed by atoms with Gasteiger partial charge in [-0.2, -0.15) is 4.98 Å². The average molecular weight is 341 g/mol. The van der Waals surface area contributed by atoms with E-state index in [1.54, 1.807) is 0 Å². The van der Waals surface area contributed by atoms with Crippen molar-refractivity contribution >= 4 is 5.97 Å². The Morgan fingerprint density at radius 1 is 1.28 bits per heavy atom. The van der Waals surface area contributed by atoms with Crippen LogP contribution in [0.15, 0.2) is 28.8 Å². The Kier molecular flexibility index (Phi) is 4.29. The number of carboxylic acids is 1. The second-order valence-electron chi connectivity index (χ2n) is 7.25. The van der Waals surface area contributed by atoms with Crippen molar-refractivity contribution < 1.29 is 14.4 Å². The van der Waals surface area contributed by atoms with Crippen LogP contribution in [0.3, 0.4) is 0 Å². The van der Waals surface area contributed by atoms with E-state index in [4.69, 9.17) is 4.52 Å². The first-order valence-corrected chi connectivity index (χ1v) is 9.00. The first-order chi connectivity index (χ1) is 12.1. The van der Waals surface area contributed by atoms with Crippen molar-refractivity contribution in [3.63, 3.8) is 0 Å². The van der Waals surface area contributed by atoms with Gasteiger partial charge in [0.05, 0.1) is 6.54 Å². The van der Waals surface area contributed by atoms with E-state index in [0.717, 1.165) is 24.8 Å². The fourth-order valence-corrected chi connectivity index (χ4v) is 4.32. The van der Waals surface area contributed by atoms with E-state index in [0.29, 0.717) is 30.2 Å². The fourth-order valence-electron chi connectivity index (χ4n) is 4.32. The summed E-state index contributed by atoms with van der Waals surface area (Å²) in [5.41, 5.74) is 2.09. The third-order valence-electron chi connectivity index (χ3n) is 5.60. The van der Waals surface area contributed by atoms with Gasteiger partial charge in [-0.3, -0.25) is 9.69 Å². The molecule has 25 heavy (non-hydrogen) atoms. The fraction of sp³-hybridized carbons (Fsp3) is 0.526. The van der Waals surface area contributed by atoms with E-state index in [2.05, 4.69) is 15.0 Å². The summed E-state index contributed by atoms with van der Waals surface area (Å²) >= 11 is 0. The van der Waals surface area contributed by atoms with Gasteiger partial charge in [0, 0.05) is 11.6 Å². The lowest BCUT2D eigenvalue weighted by Crippen LogP contribution is -2.41. The van der Waals surface area contributed by atoms with Gasteiger partial charge in [0.2, 0.25) is 11.7 Å². The average Bonchev–Trinajstić information content (AvgIpc) is 3.21. The van der Waals surface area contributed by atoms with Crippen molar-refractivity contribution in [3.8, 4) is 11.4 Å². The molecule has 1 aromatic carbocycles. The normalized spacial score (nSPS) is 26.5. The highest BCUT2D eigenvalue weighted by molar-refractivity contribution is 5.74. The molecular weight excluding hydrogens is 318 g/mol. The molecule has 1 aliphatic heterocycles. The second-order valence-corrected chi connectivity index (χ2v) is 7.25. The third-order valence-corrected chi connectivity index (χ3v) is 5.60. The molecule has 1 saturated heterocycles. The summed E-state index contributed by atoms with van der Waals surface area (Å²) in [5.74, 6) is 0.788. The Bertz CT molecular complexity index is 756. The molecule has 0 bridgehead atoms. The molecule has 1 aliphatic carbocycles. The maximum absolute atomic E-state index is 11.7. The number of carboxylic acid groups (broad SMARTS) is 1. The van der Waals surface area contributed by atoms with Crippen LogP contribution in [0, 0.1) is 12.8 Å². The van der Waals surface area contributed by atoms with Crippen molar-refractivity contribution in [3.05, 3.63) is 35.7 Å². The Balaban J connectivity index is 1.54. The van der Waals surface area contributed by atoms with Gasteiger partial charge in [0.25, 0.3) is 0 Å². The molecule has 2 aromatic rings. The number of nitrogens with zero attached hydrogens (tertiary/aromatic N) is 3. The molecule has 1 aromatic heterocycles. The van der Waals surface area contributed by atoms with Crippen LogP contribution in [0.2, 0.25) is 0 Å². The van der Waals surface area contributed by atoms with E-state index in [9.17, 15) is 9.90 Å². The van der Waals surface area contributed by atoms with Crippen LogP contribution < -0.4 is 0 Å². The van der Waals surface area contributed by atoms with Crippen molar-refractivity contribution in [2.45, 2.75) is 57.7 Å². The molecule has 132 valence electrons. The maximum atomic E-state index is 11.7. The smallest absolute Gasteiger partial charge is 0.320 e. The SMILES string of the molecule is Cc1ccc(-c2noc(CN3[C@H](C(=O)O)C[C@@H]4CCCC[C@@H]43)n2)cc1. The number of aryl methyl sites for hydroxylation is 1. The Labute approximate surface area is 146 Å². The number of hydrogen-bond acceptors (Lipinski definition) is 5. The lowest BCUT2D eigenvalue weighted by atomic mass is 9.85. The number of fused-ring (bicyclic) bond motifs is 1. The number of benzene rings is 1. The molecule has 2 fully saturated rings. The zero-order valence-electron chi connectivity index (χ0n) is 14.4. The van der Waals surface area contributed by atoms with E-state index in [-0.39, 0.29) is 0 Å². The number of rotatable bonds is 4. The monoisotopic (exact) mass is 341 g/mol. The van der Waals surface area contributed by atoms with Gasteiger partial charge < -0.3 is 9.63 Å². The molecule has 1 N–H and O–H groups in total. The first-order valence-electron chi connectivity index (χ1n) is 9.00. The predicted octanol–water partition coefficient (Wildman–Crippen LogP) is 3.26. The lowest BCUT2D eigenvalue weighted by Gasteiger charge is -2.31. The highest BCUT2D eigenvalue weighted by Gasteiger charge is 2.45. The van der Waals surface area contributed by atoms with Crippen molar-refractivity contribution in [1.82, 2.24) is 15.0 Å². The molecule has 3 atom stereocenters. The van der Waals surface area contributed by atoms with E-state index >= 15 is 0 Å². The minimum absolute atomic E-state index is 0.324. The van der Waals surface area contributed by atoms with Crippen molar-refractivity contribution in [2.75, 3.05) is 0 Å². The molecule has 0 spiro atoms. The molecule has 6 heteroatoms. The van der Waals surface area contributed by atoms with Crippen LogP contribution in [0.1, 0.15) is 43.6 Å². The number of hydrogen-bond donors (Lipinski definition) is 1. The van der Waals surface area contributed by atoms with Crippen molar-refractivity contribution in [2.24, 2.45) is 5.92 Å². The number of aliphatic carboxylic acids is 1. The third kappa shape index (κ3) is 3.18. The topological polar surface area (TPSA) is 79.5 Å². The standard InChI is InChI=1S/C19H23N3O3/c1-12-6-8-13(9-7-12)18-20-17(25-21-18)11-22-15-5-3-2-4-14(15)10-16(22)19(23)24/h6-9,14-16H,2-5,10-11H2,1H3,(H,23,24)/t14-,15-,16-/m0/s1. The lowest BCUT2D eigenvalue weighted by molar-refractivity contribution is -0.143. The largest absolute Gasteiger partial charge is 0.480 e. The van der Waals surface area contributed by atoms with Crippen LogP contribution in [0.5, 0.6) is 0 Å². The molecule has 4 rings (SSSR count). The highest BCUT2D eigenvalue weighted by Crippen LogP contribution is 2.40. The molecule has 2 aliphatic rings. The van der Waals surface area contributed by atoms with Crippen LogP contribution >= 0.6 is 0 Å². The van der Waals surface area contributed by atoms with E-state index in [1.165, 1.54) is 18.4 Å². The summed E-state index contributed by atoms with van der Waals surface area (Å²) in [4.78, 5) is 18.3. The molecule has 0 unspecified atom stereocenters. The Morgan fingerprint density at radius 3 is 2.80 bits per heavy atom. The Morgan fingerprint density at radius 2 is 2.04 bits per heavy atom. The minimum atomic E-state index is -0.743. The quantitative estimate of drug-likeness (QED) is 0.919. The number of carbonyl (C=O) groups is 1. The van der Waals surface area contributed by atoms with Gasteiger partial charge in [-0.25, -0.2) is 0 Å². The summed E-state index contributed by atoms with van der Waals surface area (Å²) < 4.78 is 5.42. The summed E-state index contributed by atoms with van der Waals surface area (Å²) in [6.07, 6.45) is 5.30. The van der Waals surface area contributed by atoms with Crippen LogP contribution in [0.25, 0.3) is 11.4 Å². The number of aromatic nitrogens is 2. The van der Waals surface area contributed by atoms with E-state index in [1.807, 2.05) is 31.2 Å².